The van der Waals surface area contributed by atoms with Gasteiger partial charge in [-0.2, -0.15) is 0 Å². The zero-order valence-electron chi connectivity index (χ0n) is 10.8. The molecule has 17 heavy (non-hydrogen) atoms. The Labute approximate surface area is 103 Å². The van der Waals surface area contributed by atoms with Crippen molar-refractivity contribution in [2.75, 3.05) is 0 Å². The van der Waals surface area contributed by atoms with Gasteiger partial charge in [0.2, 0.25) is 0 Å². The lowest BCUT2D eigenvalue weighted by molar-refractivity contribution is -0.183. The topological polar surface area (TPSA) is 63.3 Å². The monoisotopic (exact) mass is 237 g/mol. The maximum atomic E-state index is 11.7. The first-order valence-corrected chi connectivity index (χ1v) is 6.82. The lowest BCUT2D eigenvalue weighted by Crippen LogP contribution is -2.66. The minimum atomic E-state index is -0.596. The van der Waals surface area contributed by atoms with E-state index >= 15 is 0 Å². The van der Waals surface area contributed by atoms with Gasteiger partial charge in [0.1, 0.15) is 0 Å². The van der Waals surface area contributed by atoms with E-state index in [1.165, 1.54) is 6.42 Å². The SMILES string of the molecule is CC(C)[C@@]12C[C@@H]3C[C@@](N)(C[C@@](C(=O)O)(C3)C1)C2. The van der Waals surface area contributed by atoms with Crippen LogP contribution in [0.3, 0.4) is 0 Å². The van der Waals surface area contributed by atoms with E-state index in [4.69, 9.17) is 5.73 Å². The van der Waals surface area contributed by atoms with Crippen LogP contribution < -0.4 is 5.73 Å². The quantitative estimate of drug-likeness (QED) is 0.775. The van der Waals surface area contributed by atoms with Gasteiger partial charge in [-0.3, -0.25) is 4.79 Å². The van der Waals surface area contributed by atoms with E-state index in [1.807, 2.05) is 0 Å². The minimum absolute atomic E-state index is 0.192. The largest absolute Gasteiger partial charge is 0.481 e. The van der Waals surface area contributed by atoms with Gasteiger partial charge in [0.25, 0.3) is 0 Å². The standard InChI is InChI=1S/C14H23NO2/c1-9(2)12-3-10-4-13(6-12,11(16)17)8-14(15,5-10)7-12/h9-10H,3-8,15H2,1-2H3,(H,16,17)/t10-,12-,13+,14-/m0/s1. The Morgan fingerprint density at radius 1 is 1.24 bits per heavy atom. The molecule has 4 aliphatic rings. The van der Waals surface area contributed by atoms with Crippen LogP contribution in [0, 0.1) is 22.7 Å². The molecule has 0 aromatic rings. The van der Waals surface area contributed by atoms with Crippen molar-refractivity contribution in [3.05, 3.63) is 0 Å². The first-order valence-electron chi connectivity index (χ1n) is 6.82. The summed E-state index contributed by atoms with van der Waals surface area (Å²) < 4.78 is 0. The van der Waals surface area contributed by atoms with Crippen molar-refractivity contribution >= 4 is 5.97 Å². The molecule has 0 unspecified atom stereocenters. The summed E-state index contributed by atoms with van der Waals surface area (Å²) in [4.78, 5) is 11.7. The van der Waals surface area contributed by atoms with Gasteiger partial charge in [-0.05, 0) is 55.8 Å². The fourth-order valence-electron chi connectivity index (χ4n) is 5.47. The van der Waals surface area contributed by atoms with E-state index in [0.717, 1.165) is 25.7 Å². The van der Waals surface area contributed by atoms with E-state index < -0.39 is 11.4 Å². The first-order chi connectivity index (χ1) is 7.79. The normalized spacial score (nSPS) is 52.1. The third-order valence-electron chi connectivity index (χ3n) is 5.83. The molecular formula is C14H23NO2. The number of rotatable bonds is 2. The average Bonchev–Trinajstić information content (AvgIpc) is 2.12. The van der Waals surface area contributed by atoms with E-state index in [9.17, 15) is 9.90 Å². The summed E-state index contributed by atoms with van der Waals surface area (Å²) in [5.74, 6) is 0.503. The molecule has 0 radical (unpaired) electrons. The van der Waals surface area contributed by atoms with Crippen LogP contribution in [-0.4, -0.2) is 16.6 Å². The van der Waals surface area contributed by atoms with Gasteiger partial charge in [0.15, 0.2) is 0 Å². The van der Waals surface area contributed by atoms with Crippen LogP contribution in [-0.2, 0) is 4.79 Å². The van der Waals surface area contributed by atoms with Gasteiger partial charge < -0.3 is 10.8 Å². The van der Waals surface area contributed by atoms with E-state index in [1.54, 1.807) is 0 Å². The molecule has 4 saturated carbocycles. The number of carbonyl (C=O) groups is 1. The van der Waals surface area contributed by atoms with Crippen LogP contribution in [0.4, 0.5) is 0 Å². The smallest absolute Gasteiger partial charge is 0.309 e. The summed E-state index contributed by atoms with van der Waals surface area (Å²) in [6.07, 6.45) is 5.75. The van der Waals surface area contributed by atoms with Gasteiger partial charge in [0, 0.05) is 5.54 Å². The summed E-state index contributed by atoms with van der Waals surface area (Å²) in [6, 6.07) is 0. The van der Waals surface area contributed by atoms with Crippen LogP contribution in [0.2, 0.25) is 0 Å². The molecule has 0 amide bonds. The van der Waals surface area contributed by atoms with Gasteiger partial charge >= 0.3 is 5.97 Å². The third kappa shape index (κ3) is 1.41. The highest BCUT2D eigenvalue weighted by atomic mass is 16.4. The van der Waals surface area contributed by atoms with Crippen molar-refractivity contribution in [3.63, 3.8) is 0 Å². The third-order valence-corrected chi connectivity index (χ3v) is 5.83. The highest BCUT2D eigenvalue weighted by Gasteiger charge is 2.65. The molecule has 0 saturated heterocycles. The predicted molar refractivity (Wildman–Crippen MR) is 65.5 cm³/mol. The van der Waals surface area contributed by atoms with Crippen molar-refractivity contribution in [2.45, 2.75) is 57.9 Å². The van der Waals surface area contributed by atoms with Gasteiger partial charge in [-0.1, -0.05) is 13.8 Å². The maximum absolute atomic E-state index is 11.7. The second-order valence-corrected chi connectivity index (χ2v) is 7.47. The minimum Gasteiger partial charge on any atom is -0.481 e. The number of nitrogens with two attached hydrogens (primary N) is 1. The maximum Gasteiger partial charge on any atom is 0.309 e. The van der Waals surface area contributed by atoms with Crippen molar-refractivity contribution in [3.8, 4) is 0 Å². The van der Waals surface area contributed by atoms with Crippen LogP contribution in [0.15, 0.2) is 0 Å². The summed E-state index contributed by atoms with van der Waals surface area (Å²) in [6.45, 7) is 4.48. The zero-order valence-corrected chi connectivity index (χ0v) is 10.8. The van der Waals surface area contributed by atoms with Crippen molar-refractivity contribution in [2.24, 2.45) is 28.4 Å². The molecule has 4 fully saturated rings. The van der Waals surface area contributed by atoms with Crippen LogP contribution in [0.25, 0.3) is 0 Å². The second-order valence-electron chi connectivity index (χ2n) is 7.47. The van der Waals surface area contributed by atoms with Crippen LogP contribution in [0.5, 0.6) is 0 Å². The molecule has 4 aliphatic carbocycles. The second kappa shape index (κ2) is 3.05. The molecule has 3 nitrogen and oxygen atoms in total. The number of carboxylic acid groups (broad SMARTS) is 1. The number of aliphatic carboxylic acids is 1. The summed E-state index contributed by atoms with van der Waals surface area (Å²) in [5.41, 5.74) is 6.01. The highest BCUT2D eigenvalue weighted by molar-refractivity contribution is 5.76. The summed E-state index contributed by atoms with van der Waals surface area (Å²) >= 11 is 0. The molecule has 3 heteroatoms. The summed E-state index contributed by atoms with van der Waals surface area (Å²) in [7, 11) is 0. The van der Waals surface area contributed by atoms with Crippen molar-refractivity contribution in [1.82, 2.24) is 0 Å². The predicted octanol–water partition coefficient (Wildman–Crippen LogP) is 2.39. The summed E-state index contributed by atoms with van der Waals surface area (Å²) in [5, 5.41) is 9.63. The first kappa shape index (κ1) is 11.5. The molecule has 0 aromatic heterocycles. The Balaban J connectivity index is 2.06. The van der Waals surface area contributed by atoms with Gasteiger partial charge in [-0.25, -0.2) is 0 Å². The Hall–Kier alpha value is -0.570. The zero-order chi connectivity index (χ0) is 12.5. The fraction of sp³-hybridized carbons (Fsp3) is 0.929. The van der Waals surface area contributed by atoms with Crippen molar-refractivity contribution < 1.29 is 9.90 Å². The molecule has 0 aliphatic heterocycles. The van der Waals surface area contributed by atoms with E-state index in [-0.39, 0.29) is 11.0 Å². The molecule has 0 aromatic carbocycles. The molecule has 0 heterocycles. The number of hydrogen-bond acceptors (Lipinski definition) is 2. The van der Waals surface area contributed by atoms with E-state index in [0.29, 0.717) is 18.3 Å². The van der Waals surface area contributed by atoms with Crippen LogP contribution in [0.1, 0.15) is 52.4 Å². The molecule has 4 bridgehead atoms. The Kier molecular flexibility index (Phi) is 2.07. The fourth-order valence-corrected chi connectivity index (χ4v) is 5.47. The Bertz CT molecular complexity index is 380. The molecular weight excluding hydrogens is 214 g/mol. The molecule has 0 spiro atoms. The lowest BCUT2D eigenvalue weighted by atomic mass is 9.40. The molecule has 3 N–H and O–H groups in total. The van der Waals surface area contributed by atoms with Gasteiger partial charge in [0.05, 0.1) is 5.41 Å². The lowest BCUT2D eigenvalue weighted by Gasteiger charge is -2.65. The van der Waals surface area contributed by atoms with Crippen LogP contribution >= 0.6 is 0 Å². The Morgan fingerprint density at radius 2 is 1.94 bits per heavy atom. The molecule has 4 atom stereocenters. The highest BCUT2D eigenvalue weighted by Crippen LogP contribution is 2.67. The molecule has 96 valence electrons. The Morgan fingerprint density at radius 3 is 2.47 bits per heavy atom. The van der Waals surface area contributed by atoms with Crippen molar-refractivity contribution in [1.29, 1.82) is 0 Å². The van der Waals surface area contributed by atoms with E-state index in [2.05, 4.69) is 13.8 Å². The molecule has 4 rings (SSSR count). The van der Waals surface area contributed by atoms with Gasteiger partial charge in [-0.15, -0.1) is 0 Å². The number of carboxylic acids is 1. The number of hydrogen-bond donors (Lipinski definition) is 2. The average molecular weight is 237 g/mol.